The zero-order chi connectivity index (χ0) is 14.6. The summed E-state index contributed by atoms with van der Waals surface area (Å²) in [5, 5.41) is 3.43. The summed E-state index contributed by atoms with van der Waals surface area (Å²) in [5.41, 5.74) is 1.11. The van der Waals surface area contributed by atoms with Crippen LogP contribution in [0.2, 0.25) is 0 Å². The first-order valence-corrected chi connectivity index (χ1v) is 9.04. The first kappa shape index (κ1) is 15.3. The molecule has 0 saturated carbocycles. The average Bonchev–Trinajstić information content (AvgIpc) is 2.77. The van der Waals surface area contributed by atoms with Crippen molar-refractivity contribution in [3.05, 3.63) is 29.8 Å². The van der Waals surface area contributed by atoms with Crippen LogP contribution in [0.3, 0.4) is 0 Å². The predicted octanol–water partition coefficient (Wildman–Crippen LogP) is 2.17. The van der Waals surface area contributed by atoms with Crippen molar-refractivity contribution in [2.24, 2.45) is 5.92 Å². The largest absolute Gasteiger partial charge is 0.494 e. The van der Waals surface area contributed by atoms with E-state index < -0.39 is 9.84 Å². The second-order valence-corrected chi connectivity index (χ2v) is 7.43. The highest BCUT2D eigenvalue weighted by atomic mass is 32.2. The van der Waals surface area contributed by atoms with Crippen LogP contribution in [0.4, 0.5) is 0 Å². The molecule has 0 radical (unpaired) electrons. The van der Waals surface area contributed by atoms with Crippen LogP contribution in [0, 0.1) is 5.92 Å². The van der Waals surface area contributed by atoms with Gasteiger partial charge < -0.3 is 10.1 Å². The summed E-state index contributed by atoms with van der Waals surface area (Å²) >= 11 is 0. The monoisotopic (exact) mass is 297 g/mol. The van der Waals surface area contributed by atoms with Gasteiger partial charge in [0.2, 0.25) is 0 Å². The van der Waals surface area contributed by atoms with Crippen LogP contribution in [0.15, 0.2) is 24.3 Å². The molecule has 0 aliphatic carbocycles. The van der Waals surface area contributed by atoms with Crippen molar-refractivity contribution in [2.75, 3.05) is 24.7 Å². The molecule has 1 fully saturated rings. The highest BCUT2D eigenvalue weighted by Gasteiger charge is 2.34. The van der Waals surface area contributed by atoms with E-state index in [1.165, 1.54) is 0 Å². The Hall–Kier alpha value is -1.07. The lowest BCUT2D eigenvalue weighted by molar-refractivity contribution is 0.337. The zero-order valence-electron chi connectivity index (χ0n) is 12.1. The number of benzene rings is 1. The van der Waals surface area contributed by atoms with Crippen molar-refractivity contribution >= 4 is 9.84 Å². The Labute approximate surface area is 121 Å². The van der Waals surface area contributed by atoms with Gasteiger partial charge in [-0.25, -0.2) is 8.42 Å². The van der Waals surface area contributed by atoms with Gasteiger partial charge in [0, 0.05) is 6.04 Å². The fraction of sp³-hybridized carbons (Fsp3) is 0.600. The molecule has 4 nitrogen and oxygen atoms in total. The molecule has 20 heavy (non-hydrogen) atoms. The SMILES string of the molecule is CCNC(c1cccc(OCC)c1)C1CCS(=O)(=O)C1. The maximum atomic E-state index is 11.7. The summed E-state index contributed by atoms with van der Waals surface area (Å²) < 4.78 is 28.9. The Morgan fingerprint density at radius 2 is 2.20 bits per heavy atom. The Balaban J connectivity index is 2.22. The number of sulfone groups is 1. The third-order valence-corrected chi connectivity index (χ3v) is 5.49. The molecule has 1 N–H and O–H groups in total. The van der Waals surface area contributed by atoms with E-state index in [4.69, 9.17) is 4.74 Å². The van der Waals surface area contributed by atoms with E-state index in [0.29, 0.717) is 12.4 Å². The van der Waals surface area contributed by atoms with Gasteiger partial charge in [-0.3, -0.25) is 0 Å². The van der Waals surface area contributed by atoms with Crippen molar-refractivity contribution in [3.8, 4) is 5.75 Å². The molecule has 1 aliphatic rings. The van der Waals surface area contributed by atoms with Gasteiger partial charge in [0.15, 0.2) is 9.84 Å². The Kier molecular flexibility index (Phi) is 5.05. The normalized spacial score (nSPS) is 22.6. The molecule has 1 aromatic carbocycles. The molecule has 1 heterocycles. The van der Waals surface area contributed by atoms with Gasteiger partial charge in [0.25, 0.3) is 0 Å². The molecule has 1 saturated heterocycles. The highest BCUT2D eigenvalue weighted by Crippen LogP contribution is 2.32. The summed E-state index contributed by atoms with van der Waals surface area (Å²) in [6.07, 6.45) is 0.735. The summed E-state index contributed by atoms with van der Waals surface area (Å²) in [5.74, 6) is 1.58. The van der Waals surface area contributed by atoms with Crippen LogP contribution in [0.25, 0.3) is 0 Å². The van der Waals surface area contributed by atoms with E-state index >= 15 is 0 Å². The fourth-order valence-corrected chi connectivity index (χ4v) is 4.67. The van der Waals surface area contributed by atoms with Crippen molar-refractivity contribution in [3.63, 3.8) is 0 Å². The molecule has 5 heteroatoms. The molecule has 2 rings (SSSR count). The molecule has 1 aromatic rings. The molecule has 0 aromatic heterocycles. The average molecular weight is 297 g/mol. The Morgan fingerprint density at radius 1 is 1.40 bits per heavy atom. The van der Waals surface area contributed by atoms with Crippen LogP contribution in [0.5, 0.6) is 5.75 Å². The summed E-state index contributed by atoms with van der Waals surface area (Å²) in [4.78, 5) is 0. The van der Waals surface area contributed by atoms with Crippen molar-refractivity contribution in [1.82, 2.24) is 5.32 Å². The number of hydrogen-bond donors (Lipinski definition) is 1. The molecule has 2 unspecified atom stereocenters. The highest BCUT2D eigenvalue weighted by molar-refractivity contribution is 7.91. The van der Waals surface area contributed by atoms with Gasteiger partial charge in [-0.1, -0.05) is 19.1 Å². The second-order valence-electron chi connectivity index (χ2n) is 5.20. The van der Waals surface area contributed by atoms with Crippen LogP contribution < -0.4 is 10.1 Å². The summed E-state index contributed by atoms with van der Waals surface area (Å²) in [6, 6.07) is 8.04. The maximum absolute atomic E-state index is 11.7. The van der Waals surface area contributed by atoms with Crippen LogP contribution in [-0.4, -0.2) is 33.1 Å². The molecule has 1 aliphatic heterocycles. The lowest BCUT2D eigenvalue weighted by Crippen LogP contribution is -2.29. The molecule has 0 amide bonds. The minimum atomic E-state index is -2.86. The van der Waals surface area contributed by atoms with Crippen molar-refractivity contribution in [1.29, 1.82) is 0 Å². The molecule has 112 valence electrons. The lowest BCUT2D eigenvalue weighted by Gasteiger charge is -2.24. The lowest BCUT2D eigenvalue weighted by atomic mass is 9.92. The minimum Gasteiger partial charge on any atom is -0.494 e. The van der Waals surface area contributed by atoms with E-state index in [-0.39, 0.29) is 17.7 Å². The molecular weight excluding hydrogens is 274 g/mol. The molecular formula is C15H23NO3S. The first-order chi connectivity index (χ1) is 9.55. The van der Waals surface area contributed by atoms with Crippen molar-refractivity contribution < 1.29 is 13.2 Å². The van der Waals surface area contributed by atoms with Gasteiger partial charge >= 0.3 is 0 Å². The second kappa shape index (κ2) is 6.59. The number of hydrogen-bond acceptors (Lipinski definition) is 4. The van der Waals surface area contributed by atoms with Gasteiger partial charge in [-0.05, 0) is 43.5 Å². The van der Waals surface area contributed by atoms with E-state index in [0.717, 1.165) is 24.3 Å². The van der Waals surface area contributed by atoms with Gasteiger partial charge in [0.1, 0.15) is 5.75 Å². The topological polar surface area (TPSA) is 55.4 Å². The van der Waals surface area contributed by atoms with Gasteiger partial charge in [-0.15, -0.1) is 0 Å². The van der Waals surface area contributed by atoms with E-state index in [1.54, 1.807) is 0 Å². The number of nitrogens with one attached hydrogen (secondary N) is 1. The number of rotatable bonds is 6. The van der Waals surface area contributed by atoms with Crippen LogP contribution in [-0.2, 0) is 9.84 Å². The quantitative estimate of drug-likeness (QED) is 0.874. The smallest absolute Gasteiger partial charge is 0.150 e. The molecule has 0 spiro atoms. The third-order valence-electron chi connectivity index (χ3n) is 3.69. The molecule has 0 bridgehead atoms. The first-order valence-electron chi connectivity index (χ1n) is 7.22. The molecule has 2 atom stereocenters. The minimum absolute atomic E-state index is 0.0812. The maximum Gasteiger partial charge on any atom is 0.150 e. The third kappa shape index (κ3) is 3.73. The Bertz CT molecular complexity index is 542. The predicted molar refractivity (Wildman–Crippen MR) is 80.8 cm³/mol. The van der Waals surface area contributed by atoms with E-state index in [9.17, 15) is 8.42 Å². The standard InChI is InChI=1S/C15H23NO3S/c1-3-16-15(13-8-9-20(17,18)11-13)12-6-5-7-14(10-12)19-4-2/h5-7,10,13,15-16H,3-4,8-9,11H2,1-2H3. The summed E-state index contributed by atoms with van der Waals surface area (Å²) in [7, 11) is -2.86. The Morgan fingerprint density at radius 3 is 2.80 bits per heavy atom. The summed E-state index contributed by atoms with van der Waals surface area (Å²) in [6.45, 7) is 5.45. The van der Waals surface area contributed by atoms with E-state index in [2.05, 4.69) is 5.32 Å². The van der Waals surface area contributed by atoms with Crippen molar-refractivity contribution in [2.45, 2.75) is 26.3 Å². The van der Waals surface area contributed by atoms with E-state index in [1.807, 2.05) is 38.1 Å². The zero-order valence-corrected chi connectivity index (χ0v) is 12.9. The fourth-order valence-electron chi connectivity index (χ4n) is 2.83. The number of ether oxygens (including phenoxy) is 1. The van der Waals surface area contributed by atoms with Crippen LogP contribution >= 0.6 is 0 Å². The van der Waals surface area contributed by atoms with Crippen LogP contribution in [0.1, 0.15) is 31.9 Å². The van der Waals surface area contributed by atoms with Gasteiger partial charge in [-0.2, -0.15) is 0 Å². The van der Waals surface area contributed by atoms with Gasteiger partial charge in [0.05, 0.1) is 18.1 Å².